The van der Waals surface area contributed by atoms with Crippen LogP contribution >= 0.6 is 0 Å². The fourth-order valence-electron chi connectivity index (χ4n) is 3.90. The standard InChI is InChI=1S/C20H30N2O3/c1-24-19-7-10-22(16-18(19)15-17-5-3-2-4-6-17)20(23)8-9-21-11-13-25-14-12-21/h2-6,18-19H,7-16H2,1H3/t18-,19-/m1/s1. The van der Waals surface area contributed by atoms with E-state index in [1.54, 1.807) is 7.11 Å². The lowest BCUT2D eigenvalue weighted by atomic mass is 9.88. The number of likely N-dealkylation sites (tertiary alicyclic amines) is 1. The molecule has 2 saturated heterocycles. The summed E-state index contributed by atoms with van der Waals surface area (Å²) in [5, 5.41) is 0. The fourth-order valence-corrected chi connectivity index (χ4v) is 3.90. The van der Waals surface area contributed by atoms with Crippen LogP contribution < -0.4 is 0 Å². The van der Waals surface area contributed by atoms with Crippen molar-refractivity contribution < 1.29 is 14.3 Å². The molecule has 5 heteroatoms. The van der Waals surface area contributed by atoms with Gasteiger partial charge >= 0.3 is 0 Å². The van der Waals surface area contributed by atoms with E-state index in [1.807, 2.05) is 11.0 Å². The van der Waals surface area contributed by atoms with Crippen LogP contribution in [0.4, 0.5) is 0 Å². The van der Waals surface area contributed by atoms with E-state index in [1.165, 1.54) is 5.56 Å². The molecule has 2 aliphatic rings. The van der Waals surface area contributed by atoms with Gasteiger partial charge in [-0.2, -0.15) is 0 Å². The van der Waals surface area contributed by atoms with E-state index in [-0.39, 0.29) is 12.0 Å². The number of morpholine rings is 1. The summed E-state index contributed by atoms with van der Waals surface area (Å²) in [5.41, 5.74) is 1.32. The van der Waals surface area contributed by atoms with Crippen molar-refractivity contribution in [2.24, 2.45) is 5.92 Å². The number of amides is 1. The zero-order valence-electron chi connectivity index (χ0n) is 15.2. The molecule has 1 aromatic carbocycles. The smallest absolute Gasteiger partial charge is 0.223 e. The lowest BCUT2D eigenvalue weighted by Crippen LogP contribution is -2.48. The molecule has 0 aromatic heterocycles. The Hall–Kier alpha value is -1.43. The molecule has 2 heterocycles. The number of ether oxygens (including phenoxy) is 2. The van der Waals surface area contributed by atoms with Crippen LogP contribution in [0.3, 0.4) is 0 Å². The molecule has 0 aliphatic carbocycles. The third-order valence-corrected chi connectivity index (χ3v) is 5.41. The molecule has 1 aromatic rings. The minimum Gasteiger partial charge on any atom is -0.381 e. The molecule has 138 valence electrons. The number of piperidine rings is 1. The van der Waals surface area contributed by atoms with Crippen molar-refractivity contribution in [2.45, 2.75) is 25.4 Å². The molecule has 2 atom stereocenters. The summed E-state index contributed by atoms with van der Waals surface area (Å²) in [5.74, 6) is 0.646. The Morgan fingerprint density at radius 2 is 1.96 bits per heavy atom. The van der Waals surface area contributed by atoms with Crippen molar-refractivity contribution in [1.29, 1.82) is 0 Å². The van der Waals surface area contributed by atoms with Gasteiger partial charge in [0.15, 0.2) is 0 Å². The highest BCUT2D eigenvalue weighted by Gasteiger charge is 2.31. The average Bonchev–Trinajstić information content (AvgIpc) is 2.67. The van der Waals surface area contributed by atoms with Crippen molar-refractivity contribution in [3.05, 3.63) is 35.9 Å². The number of benzene rings is 1. The van der Waals surface area contributed by atoms with E-state index in [9.17, 15) is 4.79 Å². The van der Waals surface area contributed by atoms with Crippen molar-refractivity contribution in [2.75, 3.05) is 53.0 Å². The van der Waals surface area contributed by atoms with Crippen LogP contribution in [0, 0.1) is 5.92 Å². The van der Waals surface area contributed by atoms with Crippen LogP contribution in [0.25, 0.3) is 0 Å². The summed E-state index contributed by atoms with van der Waals surface area (Å²) >= 11 is 0. The van der Waals surface area contributed by atoms with Gasteiger partial charge in [0.05, 0.1) is 19.3 Å². The van der Waals surface area contributed by atoms with Gasteiger partial charge in [-0.25, -0.2) is 0 Å². The summed E-state index contributed by atoms with van der Waals surface area (Å²) in [6.45, 7) is 5.90. The topological polar surface area (TPSA) is 42.0 Å². The van der Waals surface area contributed by atoms with Crippen molar-refractivity contribution in [3.8, 4) is 0 Å². The first-order valence-corrected chi connectivity index (χ1v) is 9.41. The molecule has 0 bridgehead atoms. The van der Waals surface area contributed by atoms with Gasteiger partial charge in [-0.1, -0.05) is 30.3 Å². The third kappa shape index (κ3) is 5.27. The number of rotatable bonds is 6. The second-order valence-corrected chi connectivity index (χ2v) is 7.06. The summed E-state index contributed by atoms with van der Waals surface area (Å²) in [4.78, 5) is 17.0. The predicted octanol–water partition coefficient (Wildman–Crippen LogP) is 1.81. The van der Waals surface area contributed by atoms with Crippen molar-refractivity contribution >= 4 is 5.91 Å². The lowest BCUT2D eigenvalue weighted by molar-refractivity contribution is -0.136. The molecule has 0 radical (unpaired) electrons. The minimum absolute atomic E-state index is 0.239. The zero-order chi connectivity index (χ0) is 17.5. The quantitative estimate of drug-likeness (QED) is 0.788. The minimum atomic E-state index is 0.239. The molecule has 0 unspecified atom stereocenters. The highest BCUT2D eigenvalue weighted by Crippen LogP contribution is 2.24. The van der Waals surface area contributed by atoms with Crippen LogP contribution in [0.15, 0.2) is 30.3 Å². The molecule has 2 aliphatic heterocycles. The Labute approximate surface area is 150 Å². The fraction of sp³-hybridized carbons (Fsp3) is 0.650. The van der Waals surface area contributed by atoms with Crippen LogP contribution in [-0.2, 0) is 20.7 Å². The molecule has 3 rings (SSSR count). The van der Waals surface area contributed by atoms with Crippen LogP contribution in [0.2, 0.25) is 0 Å². The van der Waals surface area contributed by atoms with E-state index in [4.69, 9.17) is 9.47 Å². The van der Waals surface area contributed by atoms with E-state index in [0.717, 1.165) is 58.8 Å². The molecule has 0 saturated carbocycles. The van der Waals surface area contributed by atoms with Crippen LogP contribution in [0.1, 0.15) is 18.4 Å². The van der Waals surface area contributed by atoms with Gasteiger partial charge in [-0.3, -0.25) is 9.69 Å². The monoisotopic (exact) mass is 346 g/mol. The van der Waals surface area contributed by atoms with E-state index in [2.05, 4.69) is 29.2 Å². The van der Waals surface area contributed by atoms with Gasteiger partial charge < -0.3 is 14.4 Å². The van der Waals surface area contributed by atoms with E-state index in [0.29, 0.717) is 12.3 Å². The Morgan fingerprint density at radius 3 is 2.68 bits per heavy atom. The summed E-state index contributed by atoms with van der Waals surface area (Å²) in [7, 11) is 1.79. The van der Waals surface area contributed by atoms with Crippen molar-refractivity contribution in [3.63, 3.8) is 0 Å². The molecule has 25 heavy (non-hydrogen) atoms. The van der Waals surface area contributed by atoms with Gasteiger partial charge in [0, 0.05) is 52.2 Å². The third-order valence-electron chi connectivity index (χ3n) is 5.41. The first kappa shape index (κ1) is 18.4. The Morgan fingerprint density at radius 1 is 1.20 bits per heavy atom. The molecule has 2 fully saturated rings. The van der Waals surface area contributed by atoms with Crippen LogP contribution in [0.5, 0.6) is 0 Å². The predicted molar refractivity (Wildman–Crippen MR) is 97.5 cm³/mol. The summed E-state index contributed by atoms with van der Waals surface area (Å²) < 4.78 is 11.1. The number of hydrogen-bond acceptors (Lipinski definition) is 4. The van der Waals surface area contributed by atoms with Crippen molar-refractivity contribution in [1.82, 2.24) is 9.80 Å². The SMILES string of the molecule is CO[C@@H]1CCN(C(=O)CCN2CCOCC2)C[C@H]1Cc1ccccc1. The second-order valence-electron chi connectivity index (χ2n) is 7.06. The molecular weight excluding hydrogens is 316 g/mol. The number of hydrogen-bond donors (Lipinski definition) is 0. The largest absolute Gasteiger partial charge is 0.381 e. The highest BCUT2D eigenvalue weighted by atomic mass is 16.5. The number of carbonyl (C=O) groups is 1. The first-order valence-electron chi connectivity index (χ1n) is 9.41. The zero-order valence-corrected chi connectivity index (χ0v) is 15.2. The first-order chi connectivity index (χ1) is 12.3. The van der Waals surface area contributed by atoms with E-state index < -0.39 is 0 Å². The summed E-state index contributed by atoms with van der Waals surface area (Å²) in [6.07, 6.45) is 2.74. The number of methoxy groups -OCH3 is 1. The average molecular weight is 346 g/mol. The maximum Gasteiger partial charge on any atom is 0.223 e. The van der Waals surface area contributed by atoms with Crippen LogP contribution in [-0.4, -0.2) is 74.9 Å². The second kappa shape index (κ2) is 9.32. The van der Waals surface area contributed by atoms with Gasteiger partial charge in [-0.15, -0.1) is 0 Å². The Kier molecular flexibility index (Phi) is 6.84. The number of carbonyl (C=O) groups excluding carboxylic acids is 1. The Balaban J connectivity index is 1.52. The molecule has 5 nitrogen and oxygen atoms in total. The summed E-state index contributed by atoms with van der Waals surface area (Å²) in [6, 6.07) is 10.5. The molecule has 0 spiro atoms. The normalized spacial score (nSPS) is 25.1. The van der Waals surface area contributed by atoms with E-state index >= 15 is 0 Å². The highest BCUT2D eigenvalue weighted by molar-refractivity contribution is 5.76. The molecule has 1 amide bonds. The van der Waals surface area contributed by atoms with Gasteiger partial charge in [0.25, 0.3) is 0 Å². The maximum absolute atomic E-state index is 12.7. The van der Waals surface area contributed by atoms with Gasteiger partial charge in [-0.05, 0) is 18.4 Å². The number of nitrogens with zero attached hydrogens (tertiary/aromatic N) is 2. The molecule has 0 N–H and O–H groups in total. The Bertz CT molecular complexity index is 531. The molecular formula is C20H30N2O3. The maximum atomic E-state index is 12.7. The van der Waals surface area contributed by atoms with Gasteiger partial charge in [0.1, 0.15) is 0 Å². The lowest BCUT2D eigenvalue weighted by Gasteiger charge is -2.38. The van der Waals surface area contributed by atoms with Gasteiger partial charge in [0.2, 0.25) is 5.91 Å².